The first-order valence-corrected chi connectivity index (χ1v) is 11.1. The number of hydroxylamine groups is 2. The fourth-order valence-electron chi connectivity index (χ4n) is 4.56. The van der Waals surface area contributed by atoms with Crippen molar-refractivity contribution in [1.82, 2.24) is 10.4 Å². The molecule has 178 valence electrons. The van der Waals surface area contributed by atoms with Crippen LogP contribution in [0.4, 0.5) is 4.79 Å². The van der Waals surface area contributed by atoms with Gasteiger partial charge in [-0.1, -0.05) is 48.5 Å². The van der Waals surface area contributed by atoms with E-state index < -0.39 is 29.7 Å². The standard InChI is InChI=1S/C26H28N2O6/c1-26(2,3)34-28-13-22(20(14-29)23(28)24(30)32-4)27-25(31)33-15-21-18-11-7-5-9-16(18)17-10-6-8-12-19(17)21/h5-12,21-23H,13,15H2,1-4H3,(H,27,31)/t22-,23-/m0/s1. The SMILES string of the molecule is COC(=O)[C@@H]1C(=C=O)[C@@H](NC(=O)OCC2c3ccccc3-c3ccccc32)CN1OC(C)(C)C. The Labute approximate surface area is 198 Å². The first kappa shape index (κ1) is 23.7. The predicted octanol–water partition coefficient (Wildman–Crippen LogP) is 3.24. The van der Waals surface area contributed by atoms with Gasteiger partial charge >= 0.3 is 12.1 Å². The Morgan fingerprint density at radius 2 is 1.65 bits per heavy atom. The van der Waals surface area contributed by atoms with E-state index in [4.69, 9.17) is 14.3 Å². The van der Waals surface area contributed by atoms with Gasteiger partial charge in [0.1, 0.15) is 12.5 Å². The molecule has 0 unspecified atom stereocenters. The molecule has 2 aliphatic rings. The van der Waals surface area contributed by atoms with E-state index in [9.17, 15) is 14.4 Å². The summed E-state index contributed by atoms with van der Waals surface area (Å²) in [6.45, 7) is 5.66. The minimum absolute atomic E-state index is 0.0320. The summed E-state index contributed by atoms with van der Waals surface area (Å²) in [5.74, 6) is 1.04. The Kier molecular flexibility index (Phi) is 6.57. The normalized spacial score (nSPS) is 19.8. The number of fused-ring (bicyclic) bond motifs is 3. The topological polar surface area (TPSA) is 94.2 Å². The number of alkyl carbamates (subject to hydrolysis) is 1. The summed E-state index contributed by atoms with van der Waals surface area (Å²) in [7, 11) is 1.23. The third-order valence-electron chi connectivity index (χ3n) is 5.89. The van der Waals surface area contributed by atoms with Gasteiger partial charge in [-0.3, -0.25) is 4.84 Å². The zero-order valence-electron chi connectivity index (χ0n) is 19.7. The highest BCUT2D eigenvalue weighted by Crippen LogP contribution is 2.44. The van der Waals surface area contributed by atoms with Crippen LogP contribution in [0.5, 0.6) is 0 Å². The molecule has 1 N–H and O–H groups in total. The van der Waals surface area contributed by atoms with Gasteiger partial charge in [0.25, 0.3) is 0 Å². The summed E-state index contributed by atoms with van der Waals surface area (Å²) in [6.07, 6.45) is -0.694. The monoisotopic (exact) mass is 464 g/mol. The highest BCUT2D eigenvalue weighted by molar-refractivity contribution is 5.85. The number of rotatable bonds is 5. The third-order valence-corrected chi connectivity index (χ3v) is 5.89. The number of ether oxygens (including phenoxy) is 2. The lowest BCUT2D eigenvalue weighted by molar-refractivity contribution is -0.236. The summed E-state index contributed by atoms with van der Waals surface area (Å²) in [5.41, 5.74) is 3.86. The second-order valence-electron chi connectivity index (χ2n) is 9.31. The lowest BCUT2D eigenvalue weighted by Crippen LogP contribution is -2.42. The number of carbonyl (C=O) groups is 2. The molecule has 1 amide bonds. The first-order chi connectivity index (χ1) is 16.2. The minimum Gasteiger partial charge on any atom is -0.468 e. The van der Waals surface area contributed by atoms with Crippen molar-refractivity contribution in [3.8, 4) is 11.1 Å². The maximum Gasteiger partial charge on any atom is 0.407 e. The van der Waals surface area contributed by atoms with E-state index in [0.717, 1.165) is 22.3 Å². The van der Waals surface area contributed by atoms with E-state index in [2.05, 4.69) is 17.4 Å². The summed E-state index contributed by atoms with van der Waals surface area (Å²) < 4.78 is 10.4. The van der Waals surface area contributed by atoms with Crippen LogP contribution in [0, 0.1) is 0 Å². The van der Waals surface area contributed by atoms with Crippen molar-refractivity contribution in [2.24, 2.45) is 0 Å². The average Bonchev–Trinajstić information content (AvgIpc) is 3.30. The van der Waals surface area contributed by atoms with Gasteiger partial charge in [0.05, 0.1) is 30.9 Å². The Hall–Kier alpha value is -3.45. The number of nitrogens with zero attached hydrogens (tertiary/aromatic N) is 1. The summed E-state index contributed by atoms with van der Waals surface area (Å²) in [6, 6.07) is 14.2. The molecule has 0 spiro atoms. The molecule has 1 fully saturated rings. The molecule has 8 nitrogen and oxygen atoms in total. The van der Waals surface area contributed by atoms with Gasteiger partial charge in [-0.2, -0.15) is 5.06 Å². The summed E-state index contributed by atoms with van der Waals surface area (Å²) in [4.78, 5) is 42.7. The molecular formula is C26H28N2O6. The number of amides is 1. The van der Waals surface area contributed by atoms with E-state index >= 15 is 0 Å². The molecule has 8 heteroatoms. The van der Waals surface area contributed by atoms with Crippen molar-refractivity contribution in [2.45, 2.75) is 44.4 Å². The number of hydrogen-bond donors (Lipinski definition) is 1. The second-order valence-corrected chi connectivity index (χ2v) is 9.31. The number of methoxy groups -OCH3 is 1. The van der Waals surface area contributed by atoms with E-state index in [1.807, 2.05) is 57.2 Å². The van der Waals surface area contributed by atoms with Crippen LogP contribution in [0.15, 0.2) is 54.1 Å². The van der Waals surface area contributed by atoms with Crippen molar-refractivity contribution in [1.29, 1.82) is 0 Å². The van der Waals surface area contributed by atoms with Crippen LogP contribution in [-0.4, -0.2) is 61.0 Å². The molecule has 1 saturated heterocycles. The van der Waals surface area contributed by atoms with E-state index in [0.29, 0.717) is 0 Å². The fourth-order valence-corrected chi connectivity index (χ4v) is 4.56. The largest absolute Gasteiger partial charge is 0.468 e. The molecule has 34 heavy (non-hydrogen) atoms. The molecule has 2 atom stereocenters. The summed E-state index contributed by atoms with van der Waals surface area (Å²) in [5, 5.41) is 4.03. The van der Waals surface area contributed by atoms with Crippen molar-refractivity contribution in [3.63, 3.8) is 0 Å². The Morgan fingerprint density at radius 1 is 1.06 bits per heavy atom. The molecule has 1 heterocycles. The molecule has 2 aromatic rings. The lowest BCUT2D eigenvalue weighted by Gasteiger charge is -2.29. The van der Waals surface area contributed by atoms with Crippen molar-refractivity contribution in [3.05, 3.63) is 65.2 Å². The van der Waals surface area contributed by atoms with Crippen molar-refractivity contribution < 1.29 is 28.7 Å². The van der Waals surface area contributed by atoms with Crippen molar-refractivity contribution in [2.75, 3.05) is 20.3 Å². The maximum absolute atomic E-state index is 12.7. The second kappa shape index (κ2) is 9.43. The molecule has 0 radical (unpaired) electrons. The number of hydrogen-bond acceptors (Lipinski definition) is 7. The molecule has 4 rings (SSSR count). The van der Waals surface area contributed by atoms with Crippen LogP contribution in [-0.2, 0) is 23.9 Å². The van der Waals surface area contributed by atoms with Gasteiger partial charge in [0, 0.05) is 5.92 Å². The molecule has 0 bridgehead atoms. The zero-order valence-corrected chi connectivity index (χ0v) is 19.7. The number of nitrogens with one attached hydrogen (secondary N) is 1. The van der Waals surface area contributed by atoms with Crippen LogP contribution in [0.25, 0.3) is 11.1 Å². The van der Waals surface area contributed by atoms with Gasteiger partial charge in [0.2, 0.25) is 0 Å². The molecule has 0 aromatic heterocycles. The number of benzene rings is 2. The number of esters is 1. The fraction of sp³-hybridized carbons (Fsp3) is 0.385. The van der Waals surface area contributed by atoms with E-state index in [-0.39, 0.29) is 24.6 Å². The van der Waals surface area contributed by atoms with Gasteiger partial charge in [0.15, 0.2) is 6.04 Å². The van der Waals surface area contributed by atoms with Crippen LogP contribution in [0.2, 0.25) is 0 Å². The molecule has 2 aromatic carbocycles. The molecule has 0 saturated carbocycles. The smallest absolute Gasteiger partial charge is 0.407 e. The predicted molar refractivity (Wildman–Crippen MR) is 125 cm³/mol. The van der Waals surface area contributed by atoms with Crippen LogP contribution < -0.4 is 5.32 Å². The Morgan fingerprint density at radius 3 is 2.18 bits per heavy atom. The highest BCUT2D eigenvalue weighted by atomic mass is 16.7. The van der Waals surface area contributed by atoms with Gasteiger partial charge in [-0.15, -0.1) is 0 Å². The lowest BCUT2D eigenvalue weighted by atomic mass is 9.98. The van der Waals surface area contributed by atoms with Crippen LogP contribution in [0.3, 0.4) is 0 Å². The van der Waals surface area contributed by atoms with Gasteiger partial charge < -0.3 is 14.8 Å². The van der Waals surface area contributed by atoms with Gasteiger partial charge in [-0.25, -0.2) is 14.4 Å². The quantitative estimate of drug-likeness (QED) is 0.536. The van der Waals surface area contributed by atoms with Crippen LogP contribution in [0.1, 0.15) is 37.8 Å². The Balaban J connectivity index is 1.47. The third kappa shape index (κ3) is 4.61. The molecule has 1 aliphatic carbocycles. The molecule has 1 aliphatic heterocycles. The van der Waals surface area contributed by atoms with Crippen LogP contribution >= 0.6 is 0 Å². The zero-order chi connectivity index (χ0) is 24.5. The summed E-state index contributed by atoms with van der Waals surface area (Å²) >= 11 is 0. The molecular weight excluding hydrogens is 436 g/mol. The highest BCUT2D eigenvalue weighted by Gasteiger charge is 2.46. The maximum atomic E-state index is 12.7. The van der Waals surface area contributed by atoms with E-state index in [1.54, 1.807) is 5.94 Å². The average molecular weight is 465 g/mol. The minimum atomic E-state index is -1.10. The number of carbonyl (C=O) groups excluding carboxylic acids is 3. The van der Waals surface area contributed by atoms with E-state index in [1.165, 1.54) is 12.2 Å². The van der Waals surface area contributed by atoms with Gasteiger partial charge in [-0.05, 0) is 43.0 Å². The Bertz CT molecular complexity index is 1100. The van der Waals surface area contributed by atoms with Crippen molar-refractivity contribution >= 4 is 18.0 Å². The first-order valence-electron chi connectivity index (χ1n) is 11.1.